The van der Waals surface area contributed by atoms with Crippen LogP contribution in [0.5, 0.6) is 0 Å². The lowest BCUT2D eigenvalue weighted by Gasteiger charge is -2.15. The van der Waals surface area contributed by atoms with Crippen molar-refractivity contribution in [3.8, 4) is 0 Å². The molecule has 1 saturated heterocycles. The first-order valence-electron chi connectivity index (χ1n) is 6.85. The molecule has 8 heteroatoms. The SMILES string of the molecule is CCC(=O)C(N)CSC1CC(=O)N(CCC(=O)NC)C1=O. The van der Waals surface area contributed by atoms with Crippen molar-refractivity contribution in [3.63, 3.8) is 0 Å². The average Bonchev–Trinajstić information content (AvgIpc) is 2.75. The van der Waals surface area contributed by atoms with Gasteiger partial charge in [-0.3, -0.25) is 24.1 Å². The summed E-state index contributed by atoms with van der Waals surface area (Å²) in [7, 11) is 1.50. The number of imide groups is 1. The molecule has 2 atom stereocenters. The third-order valence-corrected chi connectivity index (χ3v) is 4.61. The van der Waals surface area contributed by atoms with E-state index in [4.69, 9.17) is 5.73 Å². The summed E-state index contributed by atoms with van der Waals surface area (Å²) >= 11 is 1.23. The minimum atomic E-state index is -0.608. The maximum Gasteiger partial charge on any atom is 0.242 e. The summed E-state index contributed by atoms with van der Waals surface area (Å²) in [6, 6.07) is -0.608. The summed E-state index contributed by atoms with van der Waals surface area (Å²) in [4.78, 5) is 47.6. The van der Waals surface area contributed by atoms with Crippen LogP contribution in [0.4, 0.5) is 0 Å². The van der Waals surface area contributed by atoms with Gasteiger partial charge in [-0.05, 0) is 0 Å². The van der Waals surface area contributed by atoms with Crippen molar-refractivity contribution in [2.24, 2.45) is 5.73 Å². The van der Waals surface area contributed by atoms with Crippen molar-refractivity contribution in [2.75, 3.05) is 19.3 Å². The van der Waals surface area contributed by atoms with Crippen molar-refractivity contribution >= 4 is 35.3 Å². The van der Waals surface area contributed by atoms with Gasteiger partial charge in [0.15, 0.2) is 0 Å². The minimum absolute atomic E-state index is 0.0595. The number of nitrogens with two attached hydrogens (primary N) is 1. The highest BCUT2D eigenvalue weighted by atomic mass is 32.2. The molecule has 21 heavy (non-hydrogen) atoms. The number of nitrogens with one attached hydrogen (secondary N) is 1. The van der Waals surface area contributed by atoms with E-state index in [-0.39, 0.29) is 42.9 Å². The van der Waals surface area contributed by atoms with Crippen LogP contribution in [0.25, 0.3) is 0 Å². The first-order valence-corrected chi connectivity index (χ1v) is 7.90. The Morgan fingerprint density at radius 3 is 2.71 bits per heavy atom. The standard InChI is InChI=1S/C13H21N3O4S/c1-3-9(17)8(14)7-21-10-6-12(19)16(13(10)20)5-4-11(18)15-2/h8,10H,3-7,14H2,1-2H3,(H,15,18). The van der Waals surface area contributed by atoms with E-state index in [0.29, 0.717) is 12.2 Å². The third-order valence-electron chi connectivity index (χ3n) is 3.28. The van der Waals surface area contributed by atoms with E-state index in [1.165, 1.54) is 18.8 Å². The summed E-state index contributed by atoms with van der Waals surface area (Å²) in [6.45, 7) is 1.83. The summed E-state index contributed by atoms with van der Waals surface area (Å²) in [5.41, 5.74) is 5.70. The van der Waals surface area contributed by atoms with Crippen LogP contribution in [0.1, 0.15) is 26.2 Å². The number of nitrogens with zero attached hydrogens (tertiary/aromatic N) is 1. The normalized spacial score (nSPS) is 19.8. The lowest BCUT2D eigenvalue weighted by atomic mass is 10.2. The van der Waals surface area contributed by atoms with Crippen LogP contribution in [-0.2, 0) is 19.2 Å². The van der Waals surface area contributed by atoms with Crippen molar-refractivity contribution < 1.29 is 19.2 Å². The molecule has 1 heterocycles. The maximum absolute atomic E-state index is 12.1. The van der Waals surface area contributed by atoms with E-state index >= 15 is 0 Å². The highest BCUT2D eigenvalue weighted by Crippen LogP contribution is 2.25. The molecule has 1 aliphatic rings. The molecule has 0 aromatic rings. The number of carbonyl (C=O) groups is 4. The molecule has 0 aliphatic carbocycles. The molecule has 3 N–H and O–H groups in total. The van der Waals surface area contributed by atoms with Gasteiger partial charge in [0.25, 0.3) is 0 Å². The van der Waals surface area contributed by atoms with E-state index in [2.05, 4.69) is 5.32 Å². The maximum atomic E-state index is 12.1. The van der Waals surface area contributed by atoms with Crippen LogP contribution in [-0.4, -0.2) is 59.0 Å². The summed E-state index contributed by atoms with van der Waals surface area (Å²) < 4.78 is 0. The molecule has 1 fully saturated rings. The number of carbonyl (C=O) groups excluding carboxylic acids is 4. The van der Waals surface area contributed by atoms with Crippen molar-refractivity contribution in [1.29, 1.82) is 0 Å². The Hall–Kier alpha value is -1.41. The van der Waals surface area contributed by atoms with Gasteiger partial charge in [-0.2, -0.15) is 0 Å². The zero-order chi connectivity index (χ0) is 16.0. The van der Waals surface area contributed by atoms with Gasteiger partial charge in [0.05, 0.1) is 11.3 Å². The Balaban J connectivity index is 2.49. The largest absolute Gasteiger partial charge is 0.359 e. The third kappa shape index (κ3) is 4.82. The van der Waals surface area contributed by atoms with Gasteiger partial charge in [-0.1, -0.05) is 6.92 Å². The van der Waals surface area contributed by atoms with Crippen LogP contribution >= 0.6 is 11.8 Å². The van der Waals surface area contributed by atoms with E-state index in [1.54, 1.807) is 6.92 Å². The van der Waals surface area contributed by atoms with Gasteiger partial charge in [-0.15, -0.1) is 11.8 Å². The van der Waals surface area contributed by atoms with Crippen LogP contribution in [0.3, 0.4) is 0 Å². The number of hydrogen-bond donors (Lipinski definition) is 2. The Kier molecular flexibility index (Phi) is 6.83. The van der Waals surface area contributed by atoms with Gasteiger partial charge >= 0.3 is 0 Å². The second-order valence-corrected chi connectivity index (χ2v) is 5.99. The fraction of sp³-hybridized carbons (Fsp3) is 0.692. The number of likely N-dealkylation sites (tertiary alicyclic amines) is 1. The zero-order valence-corrected chi connectivity index (χ0v) is 13.1. The van der Waals surface area contributed by atoms with Crippen LogP contribution in [0.15, 0.2) is 0 Å². The summed E-state index contributed by atoms with van der Waals surface area (Å²) in [5.74, 6) is -0.542. The predicted octanol–water partition coefficient (Wildman–Crippen LogP) is -0.710. The van der Waals surface area contributed by atoms with Gasteiger partial charge in [-0.25, -0.2) is 0 Å². The lowest BCUT2D eigenvalue weighted by Crippen LogP contribution is -2.36. The van der Waals surface area contributed by atoms with Gasteiger partial charge in [0.2, 0.25) is 17.7 Å². The van der Waals surface area contributed by atoms with Crippen LogP contribution < -0.4 is 11.1 Å². The van der Waals surface area contributed by atoms with Gasteiger partial charge < -0.3 is 11.1 Å². The molecule has 0 aromatic heterocycles. The molecule has 0 spiro atoms. The predicted molar refractivity (Wildman–Crippen MR) is 79.5 cm³/mol. The average molecular weight is 315 g/mol. The second kappa shape index (κ2) is 8.14. The van der Waals surface area contributed by atoms with E-state index < -0.39 is 11.3 Å². The Morgan fingerprint density at radius 2 is 2.14 bits per heavy atom. The number of hydrogen-bond acceptors (Lipinski definition) is 6. The summed E-state index contributed by atoms with van der Waals surface area (Å²) in [5, 5.41) is 1.94. The smallest absolute Gasteiger partial charge is 0.242 e. The monoisotopic (exact) mass is 315 g/mol. The Morgan fingerprint density at radius 1 is 1.48 bits per heavy atom. The second-order valence-electron chi connectivity index (χ2n) is 4.76. The molecule has 1 aliphatic heterocycles. The van der Waals surface area contributed by atoms with Gasteiger partial charge in [0, 0.05) is 38.6 Å². The van der Waals surface area contributed by atoms with E-state index in [0.717, 1.165) is 4.90 Å². The van der Waals surface area contributed by atoms with Gasteiger partial charge in [0.1, 0.15) is 5.78 Å². The topological polar surface area (TPSA) is 110 Å². The highest BCUT2D eigenvalue weighted by molar-refractivity contribution is 8.00. The molecule has 7 nitrogen and oxygen atoms in total. The molecule has 0 radical (unpaired) electrons. The lowest BCUT2D eigenvalue weighted by molar-refractivity contribution is -0.138. The van der Waals surface area contributed by atoms with E-state index in [1.807, 2.05) is 0 Å². The highest BCUT2D eigenvalue weighted by Gasteiger charge is 2.39. The van der Waals surface area contributed by atoms with Crippen molar-refractivity contribution in [2.45, 2.75) is 37.5 Å². The number of Topliss-reactive ketones (excluding diaryl/α,β-unsaturated/α-hetero) is 1. The molecular weight excluding hydrogens is 294 g/mol. The molecule has 3 amide bonds. The van der Waals surface area contributed by atoms with Crippen LogP contribution in [0.2, 0.25) is 0 Å². The summed E-state index contributed by atoms with van der Waals surface area (Å²) in [6.07, 6.45) is 0.557. The van der Waals surface area contributed by atoms with Crippen LogP contribution in [0, 0.1) is 0 Å². The molecule has 1 rings (SSSR count). The quantitative estimate of drug-likeness (QED) is 0.573. The number of ketones is 1. The molecule has 0 bridgehead atoms. The van der Waals surface area contributed by atoms with E-state index in [9.17, 15) is 19.2 Å². The van der Waals surface area contributed by atoms with Crippen molar-refractivity contribution in [3.05, 3.63) is 0 Å². The first kappa shape index (κ1) is 17.6. The zero-order valence-electron chi connectivity index (χ0n) is 12.3. The van der Waals surface area contributed by atoms with Crippen molar-refractivity contribution in [1.82, 2.24) is 10.2 Å². The number of thioether (sulfide) groups is 1. The number of amides is 3. The fourth-order valence-corrected chi connectivity index (χ4v) is 3.09. The molecule has 0 saturated carbocycles. The first-order chi connectivity index (χ1) is 9.90. The Labute approximate surface area is 128 Å². The molecule has 2 unspecified atom stereocenters. The molecular formula is C13H21N3O4S. The fourth-order valence-electron chi connectivity index (χ4n) is 1.93. The molecule has 0 aromatic carbocycles. The Bertz CT molecular complexity index is 441. The molecule has 118 valence electrons. The minimum Gasteiger partial charge on any atom is -0.359 e. The number of rotatable bonds is 8.